The summed E-state index contributed by atoms with van der Waals surface area (Å²) in [6, 6.07) is 0.546. The van der Waals surface area contributed by atoms with Crippen molar-refractivity contribution in [2.24, 2.45) is 4.99 Å². The van der Waals surface area contributed by atoms with Gasteiger partial charge in [0.05, 0.1) is 6.54 Å². The number of rotatable bonds is 4. The lowest BCUT2D eigenvalue weighted by atomic mass is 10.3. The first kappa shape index (κ1) is 17.8. The quantitative estimate of drug-likeness (QED) is 0.426. The monoisotopic (exact) mass is 406 g/mol. The van der Waals surface area contributed by atoms with E-state index >= 15 is 0 Å². The van der Waals surface area contributed by atoms with Gasteiger partial charge < -0.3 is 10.6 Å². The van der Waals surface area contributed by atoms with Crippen molar-refractivity contribution in [3.8, 4) is 0 Å². The molecule has 2 rings (SSSR count). The molecule has 0 aromatic rings. The Morgan fingerprint density at radius 3 is 2.40 bits per heavy atom. The summed E-state index contributed by atoms with van der Waals surface area (Å²) in [7, 11) is 0. The molecule has 20 heavy (non-hydrogen) atoms. The molecule has 1 heterocycles. The maximum atomic E-state index is 12.3. The van der Waals surface area contributed by atoms with E-state index in [9.17, 15) is 13.2 Å². The zero-order valence-corrected chi connectivity index (χ0v) is 13.9. The van der Waals surface area contributed by atoms with Gasteiger partial charge in [-0.05, 0) is 26.2 Å². The Morgan fingerprint density at radius 1 is 1.20 bits per heavy atom. The molecule has 0 bridgehead atoms. The van der Waals surface area contributed by atoms with Crippen LogP contribution in [0.2, 0.25) is 0 Å². The maximum absolute atomic E-state index is 12.3. The predicted octanol–water partition coefficient (Wildman–Crippen LogP) is 1.96. The molecule has 2 aliphatic rings. The zero-order chi connectivity index (χ0) is 13.9. The Bertz CT molecular complexity index is 331. The van der Waals surface area contributed by atoms with Crippen LogP contribution in [0.3, 0.4) is 0 Å². The van der Waals surface area contributed by atoms with E-state index in [2.05, 4.69) is 15.6 Å². The smallest absolute Gasteiger partial charge is 0.354 e. The molecule has 4 nitrogen and oxygen atoms in total. The van der Waals surface area contributed by atoms with Crippen LogP contribution in [0.15, 0.2) is 4.99 Å². The van der Waals surface area contributed by atoms with Crippen LogP contribution in [-0.4, -0.2) is 55.3 Å². The van der Waals surface area contributed by atoms with Crippen LogP contribution in [-0.2, 0) is 0 Å². The highest BCUT2D eigenvalue weighted by Crippen LogP contribution is 2.20. The van der Waals surface area contributed by atoms with Gasteiger partial charge in [0.15, 0.2) is 5.96 Å². The summed E-state index contributed by atoms with van der Waals surface area (Å²) >= 11 is 0. The van der Waals surface area contributed by atoms with Gasteiger partial charge in [-0.15, -0.1) is 24.0 Å². The Hall–Kier alpha value is -0.250. The van der Waals surface area contributed by atoms with Gasteiger partial charge in [0.25, 0.3) is 0 Å². The molecule has 0 radical (unpaired) electrons. The molecule has 0 aromatic heterocycles. The van der Waals surface area contributed by atoms with E-state index in [1.807, 2.05) is 6.92 Å². The molecule has 2 N–H and O–H groups in total. The predicted molar refractivity (Wildman–Crippen MR) is 83.6 cm³/mol. The minimum Gasteiger partial charge on any atom is -0.354 e. The number of hydrogen-bond acceptors (Lipinski definition) is 2. The van der Waals surface area contributed by atoms with Gasteiger partial charge in [0, 0.05) is 31.7 Å². The SMILES string of the molecule is CCN=C(NC1CC1)NC1CCN(CC(F)(F)F)C1.I. The van der Waals surface area contributed by atoms with Crippen molar-refractivity contribution in [3.63, 3.8) is 0 Å². The molecule has 0 aromatic carbocycles. The highest BCUT2D eigenvalue weighted by molar-refractivity contribution is 14.0. The molecule has 8 heteroatoms. The summed E-state index contributed by atoms with van der Waals surface area (Å²) in [4.78, 5) is 5.76. The number of hydrogen-bond donors (Lipinski definition) is 2. The lowest BCUT2D eigenvalue weighted by Gasteiger charge is -2.19. The van der Waals surface area contributed by atoms with Crippen LogP contribution in [0, 0.1) is 0 Å². The molecule has 0 amide bonds. The van der Waals surface area contributed by atoms with Crippen molar-refractivity contribution in [3.05, 3.63) is 0 Å². The minimum atomic E-state index is -4.11. The summed E-state index contributed by atoms with van der Waals surface area (Å²) in [5.41, 5.74) is 0. The van der Waals surface area contributed by atoms with Crippen molar-refractivity contribution < 1.29 is 13.2 Å². The third-order valence-electron chi connectivity index (χ3n) is 3.25. The van der Waals surface area contributed by atoms with E-state index in [-0.39, 0.29) is 30.0 Å². The largest absolute Gasteiger partial charge is 0.401 e. The van der Waals surface area contributed by atoms with Crippen LogP contribution >= 0.6 is 24.0 Å². The number of alkyl halides is 3. The topological polar surface area (TPSA) is 39.7 Å². The Balaban J connectivity index is 0.00000200. The van der Waals surface area contributed by atoms with E-state index in [1.165, 1.54) is 4.90 Å². The first-order valence-electron chi connectivity index (χ1n) is 6.83. The third kappa shape index (κ3) is 6.47. The molecule has 1 unspecified atom stereocenters. The van der Waals surface area contributed by atoms with Crippen molar-refractivity contribution in [1.29, 1.82) is 0 Å². The van der Waals surface area contributed by atoms with Gasteiger partial charge in [0.2, 0.25) is 0 Å². The van der Waals surface area contributed by atoms with E-state index < -0.39 is 12.7 Å². The molecule has 1 atom stereocenters. The van der Waals surface area contributed by atoms with Gasteiger partial charge in [0.1, 0.15) is 0 Å². The average molecular weight is 406 g/mol. The second-order valence-electron chi connectivity index (χ2n) is 5.22. The average Bonchev–Trinajstić information content (AvgIpc) is 2.98. The van der Waals surface area contributed by atoms with Crippen LogP contribution in [0.4, 0.5) is 13.2 Å². The van der Waals surface area contributed by atoms with E-state index in [0.29, 0.717) is 25.7 Å². The highest BCUT2D eigenvalue weighted by Gasteiger charge is 2.34. The number of guanidine groups is 1. The van der Waals surface area contributed by atoms with Gasteiger partial charge >= 0.3 is 6.18 Å². The first-order chi connectivity index (χ1) is 8.96. The lowest BCUT2D eigenvalue weighted by Crippen LogP contribution is -2.46. The summed E-state index contributed by atoms with van der Waals surface area (Å²) < 4.78 is 36.9. The van der Waals surface area contributed by atoms with Crippen LogP contribution < -0.4 is 10.6 Å². The summed E-state index contributed by atoms with van der Waals surface area (Å²) in [5, 5.41) is 6.51. The van der Waals surface area contributed by atoms with Gasteiger partial charge in [-0.3, -0.25) is 9.89 Å². The van der Waals surface area contributed by atoms with Crippen LogP contribution in [0.25, 0.3) is 0 Å². The van der Waals surface area contributed by atoms with Crippen molar-refractivity contribution in [1.82, 2.24) is 15.5 Å². The standard InChI is InChI=1S/C12H21F3N4.HI/c1-2-16-11(17-9-3-4-9)18-10-5-6-19(7-10)8-12(13,14)15;/h9-10H,2-8H2,1H3,(H2,16,17,18);1H. The fourth-order valence-electron chi connectivity index (χ4n) is 2.25. The van der Waals surface area contributed by atoms with Crippen LogP contribution in [0.5, 0.6) is 0 Å². The molecule has 0 spiro atoms. The van der Waals surface area contributed by atoms with Crippen molar-refractivity contribution >= 4 is 29.9 Å². The number of nitrogens with one attached hydrogen (secondary N) is 2. The van der Waals surface area contributed by atoms with Crippen molar-refractivity contribution in [2.75, 3.05) is 26.2 Å². The second kappa shape index (κ2) is 7.67. The van der Waals surface area contributed by atoms with Gasteiger partial charge in [-0.2, -0.15) is 13.2 Å². The molecule has 1 saturated carbocycles. The first-order valence-corrected chi connectivity index (χ1v) is 6.83. The number of nitrogens with zero attached hydrogens (tertiary/aromatic N) is 2. The Kier molecular flexibility index (Phi) is 6.83. The number of likely N-dealkylation sites (tertiary alicyclic amines) is 1. The molecule has 1 aliphatic heterocycles. The lowest BCUT2D eigenvalue weighted by molar-refractivity contribution is -0.143. The van der Waals surface area contributed by atoms with Gasteiger partial charge in [-0.1, -0.05) is 0 Å². The molecular formula is C12H22F3IN4. The maximum Gasteiger partial charge on any atom is 0.401 e. The summed E-state index contributed by atoms with van der Waals surface area (Å²) in [6.07, 6.45) is -1.09. The summed E-state index contributed by atoms with van der Waals surface area (Å²) in [5.74, 6) is 0.740. The normalized spacial score (nSPS) is 24.4. The minimum absolute atomic E-state index is 0. The van der Waals surface area contributed by atoms with Crippen molar-refractivity contribution in [2.45, 2.75) is 44.4 Å². The van der Waals surface area contributed by atoms with E-state index in [0.717, 1.165) is 25.2 Å². The fourth-order valence-corrected chi connectivity index (χ4v) is 2.25. The van der Waals surface area contributed by atoms with Gasteiger partial charge in [-0.25, -0.2) is 0 Å². The zero-order valence-electron chi connectivity index (χ0n) is 11.5. The molecule has 2 fully saturated rings. The number of aliphatic imine (C=N–C) groups is 1. The number of halogens is 4. The Labute approximate surface area is 134 Å². The molecule has 118 valence electrons. The highest BCUT2D eigenvalue weighted by atomic mass is 127. The summed E-state index contributed by atoms with van der Waals surface area (Å²) in [6.45, 7) is 2.71. The van der Waals surface area contributed by atoms with Crippen LogP contribution in [0.1, 0.15) is 26.2 Å². The molecule has 1 saturated heterocycles. The second-order valence-corrected chi connectivity index (χ2v) is 5.22. The van der Waals surface area contributed by atoms with E-state index in [1.54, 1.807) is 0 Å². The molecule has 1 aliphatic carbocycles. The van der Waals surface area contributed by atoms with E-state index in [4.69, 9.17) is 0 Å². The molecular weight excluding hydrogens is 384 g/mol. The third-order valence-corrected chi connectivity index (χ3v) is 3.25. The Morgan fingerprint density at radius 2 is 1.85 bits per heavy atom. The fraction of sp³-hybridized carbons (Fsp3) is 0.917.